The molecule has 0 unspecified atom stereocenters. The molecular weight excluding hydrogens is 478 g/mol. The first-order chi connectivity index (χ1) is 15.8. The van der Waals surface area contributed by atoms with E-state index in [-0.39, 0.29) is 12.4 Å². The van der Waals surface area contributed by atoms with Crippen LogP contribution in [0.25, 0.3) is 21.8 Å². The minimum atomic E-state index is -3.37. The van der Waals surface area contributed by atoms with Crippen molar-refractivity contribution in [1.82, 2.24) is 10.3 Å². The van der Waals surface area contributed by atoms with E-state index in [0.29, 0.717) is 30.9 Å². The van der Waals surface area contributed by atoms with E-state index in [4.69, 9.17) is 9.47 Å². The molecule has 1 heterocycles. The van der Waals surface area contributed by atoms with Crippen LogP contribution >= 0.6 is 12.4 Å². The molecular formula is C24H28ClN3O5S. The summed E-state index contributed by atoms with van der Waals surface area (Å²) in [6.45, 7) is 1.29. The molecule has 8 nitrogen and oxygen atoms in total. The molecule has 4 aromatic rings. The highest BCUT2D eigenvalue weighted by molar-refractivity contribution is 7.92. The van der Waals surface area contributed by atoms with E-state index in [1.165, 1.54) is 0 Å². The van der Waals surface area contributed by atoms with Crippen molar-refractivity contribution in [1.29, 1.82) is 0 Å². The Balaban J connectivity index is 0.00000324. The van der Waals surface area contributed by atoms with Crippen LogP contribution in [0.5, 0.6) is 11.5 Å². The number of benzene rings is 3. The van der Waals surface area contributed by atoms with Gasteiger partial charge < -0.3 is 24.9 Å². The van der Waals surface area contributed by atoms with E-state index < -0.39 is 16.1 Å². The number of aliphatic hydroxyl groups is 1. The number of fused-ring (bicyclic) bond motifs is 3. The third-order valence-electron chi connectivity index (χ3n) is 5.24. The summed E-state index contributed by atoms with van der Waals surface area (Å²) < 4.78 is 36.3. The number of aliphatic hydroxyl groups excluding tert-OH is 1. The molecule has 0 aliphatic heterocycles. The molecule has 1 atom stereocenters. The Morgan fingerprint density at radius 1 is 1.00 bits per heavy atom. The van der Waals surface area contributed by atoms with Crippen molar-refractivity contribution in [3.05, 3.63) is 66.2 Å². The molecule has 0 bridgehead atoms. The summed E-state index contributed by atoms with van der Waals surface area (Å²) in [5.74, 6) is 1.56. The fourth-order valence-corrected chi connectivity index (χ4v) is 4.26. The zero-order chi connectivity index (χ0) is 23.4. The van der Waals surface area contributed by atoms with Crippen molar-refractivity contribution in [3.63, 3.8) is 0 Å². The lowest BCUT2D eigenvalue weighted by atomic mass is 10.1. The number of anilines is 1. The number of rotatable bonds is 10. The lowest BCUT2D eigenvalue weighted by Crippen LogP contribution is -2.26. The van der Waals surface area contributed by atoms with Gasteiger partial charge in [-0.1, -0.05) is 12.1 Å². The molecule has 0 fully saturated rings. The predicted octanol–water partition coefficient (Wildman–Crippen LogP) is 3.83. The van der Waals surface area contributed by atoms with E-state index >= 15 is 0 Å². The maximum absolute atomic E-state index is 11.4. The van der Waals surface area contributed by atoms with Gasteiger partial charge in [-0.05, 0) is 42.0 Å². The molecule has 10 heteroatoms. The summed E-state index contributed by atoms with van der Waals surface area (Å²) in [5.41, 5.74) is 3.04. The van der Waals surface area contributed by atoms with E-state index in [2.05, 4.69) is 15.0 Å². The van der Waals surface area contributed by atoms with Gasteiger partial charge in [-0.3, -0.25) is 4.72 Å². The van der Waals surface area contributed by atoms with Gasteiger partial charge in [0.25, 0.3) is 0 Å². The number of sulfonamides is 1. The molecule has 0 amide bonds. The zero-order valence-electron chi connectivity index (χ0n) is 18.9. The molecule has 0 saturated carbocycles. The Bertz CT molecular complexity index is 1370. The fourth-order valence-electron chi connectivity index (χ4n) is 3.71. The standard InChI is InChI=1S/C24H27N3O5S.ClH/c1-31-18-6-8-20-21-9-7-19(14-23(21)26-22(20)13-18)32-11-10-25-15-24(28)16-4-3-5-17(12-16)27-33(2,29)30;/h3-9,12-14,24-28H,10-11,15H2,1-2H3;1H/t24-;/m0./s1. The van der Waals surface area contributed by atoms with Crippen LogP contribution in [-0.4, -0.2) is 51.6 Å². The number of halogens is 1. The molecule has 0 saturated heterocycles. The first-order valence-corrected chi connectivity index (χ1v) is 12.4. The molecule has 3 aromatic carbocycles. The Hall–Kier alpha value is -2.98. The lowest BCUT2D eigenvalue weighted by molar-refractivity contribution is 0.172. The highest BCUT2D eigenvalue weighted by Gasteiger charge is 2.10. The molecule has 182 valence electrons. The second-order valence-corrected chi connectivity index (χ2v) is 9.56. The summed E-state index contributed by atoms with van der Waals surface area (Å²) in [4.78, 5) is 3.39. The number of aromatic amines is 1. The first-order valence-electron chi connectivity index (χ1n) is 10.5. The zero-order valence-corrected chi connectivity index (χ0v) is 20.5. The van der Waals surface area contributed by atoms with Gasteiger partial charge in [0.2, 0.25) is 10.0 Å². The van der Waals surface area contributed by atoms with Crippen molar-refractivity contribution in [2.75, 3.05) is 37.8 Å². The predicted molar refractivity (Wildman–Crippen MR) is 138 cm³/mol. The van der Waals surface area contributed by atoms with Gasteiger partial charge in [-0.25, -0.2) is 8.42 Å². The normalized spacial score (nSPS) is 12.3. The molecule has 0 radical (unpaired) electrons. The SMILES string of the molecule is COc1ccc2c(c1)[nH]c1cc(OCCNC[C@H](O)c3cccc(NS(C)(=O)=O)c3)ccc12.Cl. The number of methoxy groups -OCH3 is 1. The highest BCUT2D eigenvalue weighted by Crippen LogP contribution is 2.30. The third-order valence-corrected chi connectivity index (χ3v) is 5.84. The van der Waals surface area contributed by atoms with E-state index in [1.807, 2.05) is 36.4 Å². The van der Waals surface area contributed by atoms with E-state index in [1.54, 1.807) is 31.4 Å². The van der Waals surface area contributed by atoms with Crippen LogP contribution in [0.2, 0.25) is 0 Å². The number of nitrogens with one attached hydrogen (secondary N) is 3. The Morgan fingerprint density at radius 2 is 1.68 bits per heavy atom. The van der Waals surface area contributed by atoms with Crippen LogP contribution in [0.1, 0.15) is 11.7 Å². The van der Waals surface area contributed by atoms with Gasteiger partial charge in [0, 0.05) is 41.7 Å². The topological polar surface area (TPSA) is 113 Å². The average molecular weight is 506 g/mol. The average Bonchev–Trinajstić information content (AvgIpc) is 3.14. The Kier molecular flexibility index (Phi) is 8.27. The quantitative estimate of drug-likeness (QED) is 0.244. The molecule has 1 aromatic heterocycles. The van der Waals surface area contributed by atoms with Crippen LogP contribution in [0, 0.1) is 0 Å². The van der Waals surface area contributed by atoms with Gasteiger partial charge in [-0.2, -0.15) is 0 Å². The van der Waals surface area contributed by atoms with E-state index in [0.717, 1.165) is 39.6 Å². The molecule has 4 N–H and O–H groups in total. The Morgan fingerprint density at radius 3 is 2.35 bits per heavy atom. The number of hydrogen-bond donors (Lipinski definition) is 4. The summed E-state index contributed by atoms with van der Waals surface area (Å²) in [7, 11) is -1.72. The molecule has 4 rings (SSSR count). The van der Waals surface area contributed by atoms with Gasteiger partial charge in [0.15, 0.2) is 0 Å². The van der Waals surface area contributed by atoms with E-state index in [9.17, 15) is 13.5 Å². The van der Waals surface area contributed by atoms with Crippen LogP contribution < -0.4 is 19.5 Å². The van der Waals surface area contributed by atoms with Gasteiger partial charge >= 0.3 is 0 Å². The number of aromatic nitrogens is 1. The number of ether oxygens (including phenoxy) is 2. The molecule has 34 heavy (non-hydrogen) atoms. The smallest absolute Gasteiger partial charge is 0.229 e. The van der Waals surface area contributed by atoms with Gasteiger partial charge in [0.1, 0.15) is 18.1 Å². The monoisotopic (exact) mass is 505 g/mol. The van der Waals surface area contributed by atoms with Crippen LogP contribution in [0.3, 0.4) is 0 Å². The summed E-state index contributed by atoms with van der Waals surface area (Å²) >= 11 is 0. The van der Waals surface area contributed by atoms with Crippen molar-refractivity contribution < 1.29 is 23.0 Å². The van der Waals surface area contributed by atoms with Crippen LogP contribution in [0.15, 0.2) is 60.7 Å². The van der Waals surface area contributed by atoms with Crippen molar-refractivity contribution in [2.24, 2.45) is 0 Å². The Labute approximate surface area is 204 Å². The molecule has 0 aliphatic carbocycles. The summed E-state index contributed by atoms with van der Waals surface area (Å²) in [6, 6.07) is 18.6. The van der Waals surface area contributed by atoms with Crippen molar-refractivity contribution in [2.45, 2.75) is 6.10 Å². The lowest BCUT2D eigenvalue weighted by Gasteiger charge is -2.14. The number of H-pyrrole nitrogens is 1. The number of hydrogen-bond acceptors (Lipinski definition) is 6. The van der Waals surface area contributed by atoms with Crippen LogP contribution in [-0.2, 0) is 10.0 Å². The van der Waals surface area contributed by atoms with Crippen molar-refractivity contribution in [3.8, 4) is 11.5 Å². The summed E-state index contributed by atoms with van der Waals surface area (Å²) in [5, 5.41) is 15.8. The maximum atomic E-state index is 11.4. The minimum absolute atomic E-state index is 0. The van der Waals surface area contributed by atoms with Gasteiger partial charge in [-0.15, -0.1) is 12.4 Å². The van der Waals surface area contributed by atoms with Gasteiger partial charge in [0.05, 0.1) is 30.5 Å². The third kappa shape index (κ3) is 6.32. The second kappa shape index (κ2) is 11.0. The molecule has 0 spiro atoms. The first kappa shape index (κ1) is 25.6. The van der Waals surface area contributed by atoms with Crippen molar-refractivity contribution >= 4 is 49.9 Å². The van der Waals surface area contributed by atoms with Crippen LogP contribution in [0.4, 0.5) is 5.69 Å². The summed E-state index contributed by atoms with van der Waals surface area (Å²) in [6.07, 6.45) is 0.316. The second-order valence-electron chi connectivity index (χ2n) is 7.81. The largest absolute Gasteiger partial charge is 0.497 e. The highest BCUT2D eigenvalue weighted by atomic mass is 35.5. The maximum Gasteiger partial charge on any atom is 0.229 e. The minimum Gasteiger partial charge on any atom is -0.497 e. The molecule has 0 aliphatic rings. The fraction of sp³-hybridized carbons (Fsp3) is 0.250.